The highest BCUT2D eigenvalue weighted by Crippen LogP contribution is 2.21. The first-order chi connectivity index (χ1) is 4.75. The molecule has 1 unspecified atom stereocenters. The van der Waals surface area contributed by atoms with Crippen LogP contribution in [0.1, 0.15) is 6.42 Å². The molecule has 52 valence electrons. The van der Waals surface area contributed by atoms with E-state index in [0.717, 1.165) is 0 Å². The summed E-state index contributed by atoms with van der Waals surface area (Å²) < 4.78 is 0. The number of halogens is 1. The highest BCUT2D eigenvalue weighted by molar-refractivity contribution is 6.31. The van der Waals surface area contributed by atoms with Crippen LogP contribution in [0.4, 0.5) is 0 Å². The molecule has 1 N–H and O–H groups in total. The first-order valence-electron chi connectivity index (χ1n) is 2.90. The molecule has 0 aromatic rings. The molecule has 0 amide bonds. The molecular formula is C7H6ClNO. The van der Waals surface area contributed by atoms with Gasteiger partial charge in [-0.05, 0) is 12.5 Å². The minimum Gasteiger partial charge on any atom is -0.387 e. The first-order valence-corrected chi connectivity index (χ1v) is 3.28. The highest BCUT2D eigenvalue weighted by atomic mass is 35.5. The van der Waals surface area contributed by atoms with E-state index in [1.54, 1.807) is 12.2 Å². The Morgan fingerprint density at radius 3 is 3.00 bits per heavy atom. The SMILES string of the molecule is N#CC1=C(Cl)C(O)CC=C1. The predicted molar refractivity (Wildman–Crippen MR) is 38.3 cm³/mol. The van der Waals surface area contributed by atoms with E-state index in [9.17, 15) is 0 Å². The number of hydrogen-bond acceptors (Lipinski definition) is 2. The van der Waals surface area contributed by atoms with Crippen LogP contribution in [-0.2, 0) is 0 Å². The Morgan fingerprint density at radius 1 is 1.80 bits per heavy atom. The van der Waals surface area contributed by atoms with E-state index in [1.165, 1.54) is 0 Å². The van der Waals surface area contributed by atoms with E-state index in [2.05, 4.69) is 0 Å². The zero-order valence-corrected chi connectivity index (χ0v) is 5.97. The Kier molecular flexibility index (Phi) is 2.10. The van der Waals surface area contributed by atoms with Gasteiger partial charge >= 0.3 is 0 Å². The van der Waals surface area contributed by atoms with Crippen molar-refractivity contribution in [3.05, 3.63) is 22.8 Å². The molecule has 0 fully saturated rings. The Hall–Kier alpha value is -0.780. The molecule has 1 aliphatic carbocycles. The number of aliphatic hydroxyl groups excluding tert-OH is 1. The third-order valence-electron chi connectivity index (χ3n) is 1.31. The largest absolute Gasteiger partial charge is 0.387 e. The van der Waals surface area contributed by atoms with E-state index in [4.69, 9.17) is 22.0 Å². The number of hydrogen-bond donors (Lipinski definition) is 1. The van der Waals surface area contributed by atoms with E-state index < -0.39 is 6.10 Å². The number of nitrogens with zero attached hydrogens (tertiary/aromatic N) is 1. The van der Waals surface area contributed by atoms with Crippen LogP contribution < -0.4 is 0 Å². The minimum atomic E-state index is -0.679. The van der Waals surface area contributed by atoms with Crippen molar-refractivity contribution in [3.63, 3.8) is 0 Å². The van der Waals surface area contributed by atoms with E-state index in [0.29, 0.717) is 12.0 Å². The van der Waals surface area contributed by atoms with Gasteiger partial charge in [-0.3, -0.25) is 0 Å². The Bertz CT molecular complexity index is 236. The van der Waals surface area contributed by atoms with Gasteiger partial charge in [0.05, 0.1) is 16.7 Å². The molecule has 1 aliphatic rings. The van der Waals surface area contributed by atoms with Gasteiger partial charge in [0.1, 0.15) is 6.07 Å². The lowest BCUT2D eigenvalue weighted by atomic mass is 10.1. The van der Waals surface area contributed by atoms with Crippen LogP contribution in [0.25, 0.3) is 0 Å². The van der Waals surface area contributed by atoms with Gasteiger partial charge in [-0.25, -0.2) is 0 Å². The molecule has 0 aliphatic heterocycles. The molecule has 0 spiro atoms. The number of rotatable bonds is 0. The topological polar surface area (TPSA) is 44.0 Å². The van der Waals surface area contributed by atoms with Gasteiger partial charge in [0, 0.05) is 0 Å². The van der Waals surface area contributed by atoms with Crippen LogP contribution in [0.3, 0.4) is 0 Å². The maximum atomic E-state index is 9.09. The minimum absolute atomic E-state index is 0.255. The van der Waals surface area contributed by atoms with Crippen LogP contribution >= 0.6 is 11.6 Å². The van der Waals surface area contributed by atoms with Crippen molar-refractivity contribution in [3.8, 4) is 6.07 Å². The fraction of sp³-hybridized carbons (Fsp3) is 0.286. The standard InChI is InChI=1S/C7H6ClNO/c8-7-5(4-9)2-1-3-6(7)10/h1-2,6,10H,3H2. The summed E-state index contributed by atoms with van der Waals surface area (Å²) >= 11 is 5.59. The molecule has 0 aromatic carbocycles. The van der Waals surface area contributed by atoms with Gasteiger partial charge in [0.15, 0.2) is 0 Å². The fourth-order valence-electron chi connectivity index (χ4n) is 0.768. The number of nitriles is 1. The smallest absolute Gasteiger partial charge is 0.100 e. The Morgan fingerprint density at radius 2 is 2.50 bits per heavy atom. The van der Waals surface area contributed by atoms with Crippen LogP contribution in [0, 0.1) is 11.3 Å². The van der Waals surface area contributed by atoms with Crippen LogP contribution in [-0.4, -0.2) is 11.2 Å². The summed E-state index contributed by atoms with van der Waals surface area (Å²) in [7, 11) is 0. The van der Waals surface area contributed by atoms with Crippen LogP contribution in [0.15, 0.2) is 22.8 Å². The van der Waals surface area contributed by atoms with Gasteiger partial charge < -0.3 is 5.11 Å². The Labute approximate surface area is 64.0 Å². The maximum absolute atomic E-state index is 9.09. The molecule has 0 saturated heterocycles. The number of allylic oxidation sites excluding steroid dienone is 2. The summed E-state index contributed by atoms with van der Waals surface area (Å²) in [6, 6.07) is 1.88. The van der Waals surface area contributed by atoms with E-state index in [1.807, 2.05) is 6.07 Å². The third kappa shape index (κ3) is 1.21. The van der Waals surface area contributed by atoms with Gasteiger partial charge in [0.2, 0.25) is 0 Å². The molecule has 0 heterocycles. The molecule has 0 radical (unpaired) electrons. The van der Waals surface area contributed by atoms with Crippen molar-refractivity contribution in [1.82, 2.24) is 0 Å². The third-order valence-corrected chi connectivity index (χ3v) is 1.77. The van der Waals surface area contributed by atoms with Crippen molar-refractivity contribution in [2.75, 3.05) is 0 Å². The average Bonchev–Trinajstić information content (AvgIpc) is 1.95. The lowest BCUT2D eigenvalue weighted by Crippen LogP contribution is -2.09. The second-order valence-corrected chi connectivity index (χ2v) is 2.43. The van der Waals surface area contributed by atoms with Crippen molar-refractivity contribution in [2.45, 2.75) is 12.5 Å². The zero-order chi connectivity index (χ0) is 7.56. The Balaban J connectivity index is 2.96. The quantitative estimate of drug-likeness (QED) is 0.574. The van der Waals surface area contributed by atoms with Gasteiger partial charge in [-0.15, -0.1) is 0 Å². The average molecular weight is 156 g/mol. The van der Waals surface area contributed by atoms with Crippen molar-refractivity contribution in [1.29, 1.82) is 5.26 Å². The zero-order valence-electron chi connectivity index (χ0n) is 5.21. The lowest BCUT2D eigenvalue weighted by Gasteiger charge is -2.10. The molecule has 10 heavy (non-hydrogen) atoms. The van der Waals surface area contributed by atoms with Crippen molar-refractivity contribution >= 4 is 11.6 Å². The van der Waals surface area contributed by atoms with E-state index >= 15 is 0 Å². The summed E-state index contributed by atoms with van der Waals surface area (Å²) in [5, 5.41) is 17.8. The maximum Gasteiger partial charge on any atom is 0.100 e. The predicted octanol–water partition coefficient (Wildman–Crippen LogP) is 1.32. The van der Waals surface area contributed by atoms with Gasteiger partial charge in [-0.2, -0.15) is 5.26 Å². The summed E-state index contributed by atoms with van der Waals surface area (Å²) in [6.45, 7) is 0. The van der Waals surface area contributed by atoms with Crippen LogP contribution in [0.2, 0.25) is 0 Å². The summed E-state index contributed by atoms with van der Waals surface area (Å²) in [6.07, 6.45) is 3.18. The number of aliphatic hydroxyl groups is 1. The normalized spacial score (nSPS) is 24.7. The van der Waals surface area contributed by atoms with Crippen LogP contribution in [0.5, 0.6) is 0 Å². The molecule has 2 nitrogen and oxygen atoms in total. The molecule has 0 saturated carbocycles. The first kappa shape index (κ1) is 7.33. The lowest BCUT2D eigenvalue weighted by molar-refractivity contribution is 0.220. The van der Waals surface area contributed by atoms with E-state index in [-0.39, 0.29) is 5.03 Å². The molecule has 0 bridgehead atoms. The van der Waals surface area contributed by atoms with Crippen molar-refractivity contribution in [2.24, 2.45) is 0 Å². The van der Waals surface area contributed by atoms with Crippen molar-refractivity contribution < 1.29 is 5.11 Å². The second-order valence-electron chi connectivity index (χ2n) is 2.03. The molecular weight excluding hydrogens is 150 g/mol. The fourth-order valence-corrected chi connectivity index (χ4v) is 0.962. The molecule has 1 rings (SSSR count). The summed E-state index contributed by atoms with van der Waals surface area (Å²) in [5.41, 5.74) is 0.361. The summed E-state index contributed by atoms with van der Waals surface area (Å²) in [4.78, 5) is 0. The van der Waals surface area contributed by atoms with Gasteiger partial charge in [-0.1, -0.05) is 17.7 Å². The van der Waals surface area contributed by atoms with Gasteiger partial charge in [0.25, 0.3) is 0 Å². The molecule has 3 heteroatoms. The monoisotopic (exact) mass is 155 g/mol. The summed E-state index contributed by atoms with van der Waals surface area (Å²) in [5.74, 6) is 0. The highest BCUT2D eigenvalue weighted by Gasteiger charge is 2.14. The molecule has 0 aromatic heterocycles. The molecule has 1 atom stereocenters. The second kappa shape index (κ2) is 2.87.